The molecule has 0 fully saturated rings. The topological polar surface area (TPSA) is 53.5 Å². The molecule has 0 radical (unpaired) electrons. The van der Waals surface area contributed by atoms with E-state index in [9.17, 15) is 4.79 Å². The first kappa shape index (κ1) is 18.7. The third kappa shape index (κ3) is 5.19. The van der Waals surface area contributed by atoms with Gasteiger partial charge in [-0.2, -0.15) is 5.10 Å². The van der Waals surface area contributed by atoms with Gasteiger partial charge in [-0.1, -0.05) is 78.3 Å². The van der Waals surface area contributed by atoms with Crippen molar-refractivity contribution in [2.24, 2.45) is 5.10 Å². The minimum absolute atomic E-state index is 0.0907. The molecule has 0 aliphatic rings. The standard InChI is InChI=1S/C22H20ClN3O/c1-16(17-11-13-19(14-12-17)18-7-3-2-4-8-18)25-26-22(27)15-24-21-10-6-5-9-20(21)23/h2-14,24H,15H2,1H3,(H,26,27)/b25-16-. The van der Waals surface area contributed by atoms with Gasteiger partial charge >= 0.3 is 0 Å². The quantitative estimate of drug-likeness (QED) is 0.471. The fourth-order valence-corrected chi connectivity index (χ4v) is 2.77. The number of halogens is 1. The first-order valence-electron chi connectivity index (χ1n) is 8.61. The molecule has 3 aromatic rings. The Morgan fingerprint density at radius 3 is 2.22 bits per heavy atom. The van der Waals surface area contributed by atoms with Crippen molar-refractivity contribution >= 4 is 28.9 Å². The highest BCUT2D eigenvalue weighted by Gasteiger charge is 2.04. The number of hydrogen-bond donors (Lipinski definition) is 2. The van der Waals surface area contributed by atoms with Crippen molar-refractivity contribution in [2.45, 2.75) is 6.92 Å². The van der Waals surface area contributed by atoms with E-state index >= 15 is 0 Å². The summed E-state index contributed by atoms with van der Waals surface area (Å²) < 4.78 is 0. The number of nitrogens with zero attached hydrogens (tertiary/aromatic N) is 1. The number of nitrogens with one attached hydrogen (secondary N) is 2. The van der Waals surface area contributed by atoms with Crippen LogP contribution in [0.5, 0.6) is 0 Å². The van der Waals surface area contributed by atoms with E-state index in [0.717, 1.165) is 22.4 Å². The first-order valence-corrected chi connectivity index (χ1v) is 8.98. The fourth-order valence-electron chi connectivity index (χ4n) is 2.56. The second-order valence-electron chi connectivity index (χ2n) is 6.01. The van der Waals surface area contributed by atoms with Crippen molar-refractivity contribution in [3.63, 3.8) is 0 Å². The maximum absolute atomic E-state index is 12.0. The van der Waals surface area contributed by atoms with Crippen molar-refractivity contribution in [2.75, 3.05) is 11.9 Å². The predicted octanol–water partition coefficient (Wildman–Crippen LogP) is 4.96. The number of benzene rings is 3. The summed E-state index contributed by atoms with van der Waals surface area (Å²) in [7, 11) is 0. The largest absolute Gasteiger partial charge is 0.375 e. The van der Waals surface area contributed by atoms with Gasteiger partial charge in [0.1, 0.15) is 0 Å². The summed E-state index contributed by atoms with van der Waals surface area (Å²) in [6.07, 6.45) is 0. The average molecular weight is 378 g/mol. The van der Waals surface area contributed by atoms with Gasteiger partial charge in [0.05, 0.1) is 23.0 Å². The van der Waals surface area contributed by atoms with Crippen LogP contribution in [0.4, 0.5) is 5.69 Å². The molecule has 2 N–H and O–H groups in total. The molecule has 0 aliphatic heterocycles. The Morgan fingerprint density at radius 2 is 1.52 bits per heavy atom. The van der Waals surface area contributed by atoms with Gasteiger partial charge in [0.2, 0.25) is 0 Å². The Kier molecular flexibility index (Phi) is 6.23. The predicted molar refractivity (Wildman–Crippen MR) is 112 cm³/mol. The highest BCUT2D eigenvalue weighted by molar-refractivity contribution is 6.33. The smallest absolute Gasteiger partial charge is 0.259 e. The molecular weight excluding hydrogens is 358 g/mol. The minimum atomic E-state index is -0.241. The minimum Gasteiger partial charge on any atom is -0.375 e. The molecule has 0 atom stereocenters. The zero-order valence-electron chi connectivity index (χ0n) is 14.9. The molecule has 0 aliphatic carbocycles. The van der Waals surface area contributed by atoms with Crippen molar-refractivity contribution in [3.8, 4) is 11.1 Å². The van der Waals surface area contributed by atoms with Crippen LogP contribution in [0.1, 0.15) is 12.5 Å². The SMILES string of the molecule is C/C(=N/NC(=O)CNc1ccccc1Cl)c1ccc(-c2ccccc2)cc1. The average Bonchev–Trinajstić information content (AvgIpc) is 2.72. The van der Waals surface area contributed by atoms with Gasteiger partial charge in [0.15, 0.2) is 0 Å². The van der Waals surface area contributed by atoms with E-state index in [0.29, 0.717) is 10.7 Å². The molecule has 27 heavy (non-hydrogen) atoms. The van der Waals surface area contributed by atoms with E-state index in [4.69, 9.17) is 11.6 Å². The number of anilines is 1. The van der Waals surface area contributed by atoms with Crippen molar-refractivity contribution in [3.05, 3.63) is 89.4 Å². The lowest BCUT2D eigenvalue weighted by molar-refractivity contribution is -0.119. The van der Waals surface area contributed by atoms with Gasteiger partial charge in [-0.15, -0.1) is 0 Å². The third-order valence-electron chi connectivity index (χ3n) is 4.07. The van der Waals surface area contributed by atoms with Crippen LogP contribution in [0.3, 0.4) is 0 Å². The normalized spacial score (nSPS) is 11.1. The van der Waals surface area contributed by atoms with Gasteiger partial charge in [-0.05, 0) is 35.7 Å². The zero-order valence-corrected chi connectivity index (χ0v) is 15.7. The van der Waals surface area contributed by atoms with Gasteiger partial charge in [0, 0.05) is 0 Å². The Morgan fingerprint density at radius 1 is 0.889 bits per heavy atom. The molecule has 3 aromatic carbocycles. The van der Waals surface area contributed by atoms with E-state index in [-0.39, 0.29) is 12.5 Å². The summed E-state index contributed by atoms with van der Waals surface area (Å²) >= 11 is 6.05. The number of rotatable bonds is 6. The van der Waals surface area contributed by atoms with Gasteiger partial charge in [-0.25, -0.2) is 5.43 Å². The number of hydrogen-bond acceptors (Lipinski definition) is 3. The molecule has 0 spiro atoms. The summed E-state index contributed by atoms with van der Waals surface area (Å²) in [5.41, 5.74) is 7.27. The maximum atomic E-state index is 12.0. The summed E-state index contributed by atoms with van der Waals surface area (Å²) in [6.45, 7) is 1.95. The van der Waals surface area contributed by atoms with Crippen LogP contribution in [0.2, 0.25) is 5.02 Å². The highest BCUT2D eigenvalue weighted by atomic mass is 35.5. The van der Waals surface area contributed by atoms with E-state index < -0.39 is 0 Å². The Bertz CT molecular complexity index is 937. The summed E-state index contributed by atoms with van der Waals surface area (Å²) in [4.78, 5) is 12.0. The van der Waals surface area contributed by atoms with Crippen LogP contribution in [0, 0.1) is 0 Å². The van der Waals surface area contributed by atoms with E-state index in [1.54, 1.807) is 6.07 Å². The first-order chi connectivity index (χ1) is 13.1. The number of carbonyl (C=O) groups is 1. The van der Waals surface area contributed by atoms with Crippen LogP contribution >= 0.6 is 11.6 Å². The van der Waals surface area contributed by atoms with E-state index in [1.807, 2.05) is 67.6 Å². The molecule has 1 amide bonds. The molecule has 0 saturated carbocycles. The van der Waals surface area contributed by atoms with Crippen molar-refractivity contribution in [1.29, 1.82) is 0 Å². The molecule has 0 saturated heterocycles. The number of amides is 1. The van der Waals surface area contributed by atoms with Crippen molar-refractivity contribution < 1.29 is 4.79 Å². The van der Waals surface area contributed by atoms with E-state index in [1.165, 1.54) is 0 Å². The molecule has 136 valence electrons. The molecular formula is C22H20ClN3O. The molecule has 5 heteroatoms. The lowest BCUT2D eigenvalue weighted by Crippen LogP contribution is -2.26. The number of carbonyl (C=O) groups excluding carboxylic acids is 1. The van der Waals surface area contributed by atoms with Crippen LogP contribution in [0.15, 0.2) is 84.0 Å². The Labute approximate surface area is 163 Å². The van der Waals surface area contributed by atoms with Gasteiger partial charge in [0.25, 0.3) is 5.91 Å². The number of hydrazone groups is 1. The third-order valence-corrected chi connectivity index (χ3v) is 4.40. The number of para-hydroxylation sites is 1. The summed E-state index contributed by atoms with van der Waals surface area (Å²) in [5, 5.41) is 7.74. The van der Waals surface area contributed by atoms with Crippen molar-refractivity contribution in [1.82, 2.24) is 5.43 Å². The highest BCUT2D eigenvalue weighted by Crippen LogP contribution is 2.20. The molecule has 0 aromatic heterocycles. The summed E-state index contributed by atoms with van der Waals surface area (Å²) in [5.74, 6) is -0.241. The molecule has 3 rings (SSSR count). The molecule has 4 nitrogen and oxygen atoms in total. The molecule has 0 bridgehead atoms. The monoisotopic (exact) mass is 377 g/mol. The lowest BCUT2D eigenvalue weighted by Gasteiger charge is -2.08. The van der Waals surface area contributed by atoms with Gasteiger partial charge in [-0.3, -0.25) is 4.79 Å². The zero-order chi connectivity index (χ0) is 19.1. The maximum Gasteiger partial charge on any atom is 0.259 e. The lowest BCUT2D eigenvalue weighted by atomic mass is 10.0. The van der Waals surface area contributed by atoms with E-state index in [2.05, 4.69) is 28.0 Å². The second-order valence-corrected chi connectivity index (χ2v) is 6.42. The molecule has 0 unspecified atom stereocenters. The Balaban J connectivity index is 1.57. The van der Waals surface area contributed by atoms with Crippen LogP contribution in [-0.2, 0) is 4.79 Å². The summed E-state index contributed by atoms with van der Waals surface area (Å²) in [6, 6.07) is 25.5. The van der Waals surface area contributed by atoms with Crippen LogP contribution < -0.4 is 10.7 Å². The van der Waals surface area contributed by atoms with Crippen LogP contribution in [0.25, 0.3) is 11.1 Å². The molecule has 0 heterocycles. The second kappa shape index (κ2) is 9.01. The van der Waals surface area contributed by atoms with Crippen LogP contribution in [-0.4, -0.2) is 18.2 Å². The fraction of sp³-hybridized carbons (Fsp3) is 0.0909. The van der Waals surface area contributed by atoms with Gasteiger partial charge < -0.3 is 5.32 Å². The Hall–Kier alpha value is -3.11.